The molecule has 0 aromatic heterocycles. The van der Waals surface area contributed by atoms with E-state index in [1.54, 1.807) is 7.11 Å². The topological polar surface area (TPSA) is 58.8 Å². The Morgan fingerprint density at radius 3 is 2.71 bits per heavy atom. The second-order valence-corrected chi connectivity index (χ2v) is 5.40. The summed E-state index contributed by atoms with van der Waals surface area (Å²) in [7, 11) is 1.71. The number of hydrogen-bond donors (Lipinski definition) is 1. The minimum Gasteiger partial charge on any atom is -0.383 e. The molecule has 1 amide bonds. The lowest BCUT2D eigenvalue weighted by molar-refractivity contribution is -0.132. The van der Waals surface area contributed by atoms with Crippen molar-refractivity contribution in [3.63, 3.8) is 0 Å². The Labute approximate surface area is 126 Å². The van der Waals surface area contributed by atoms with Crippen molar-refractivity contribution < 1.29 is 9.53 Å². The summed E-state index contributed by atoms with van der Waals surface area (Å²) in [6, 6.07) is 9.02. The van der Waals surface area contributed by atoms with Crippen molar-refractivity contribution >= 4 is 5.91 Å². The average Bonchev–Trinajstić information content (AvgIpc) is 2.78. The van der Waals surface area contributed by atoms with Crippen molar-refractivity contribution in [1.29, 1.82) is 0 Å². The molecular formula is C16H25N3O2. The van der Waals surface area contributed by atoms with Crippen LogP contribution in [-0.2, 0) is 9.53 Å². The highest BCUT2D eigenvalue weighted by molar-refractivity contribution is 5.83. The van der Waals surface area contributed by atoms with Gasteiger partial charge in [0.15, 0.2) is 0 Å². The van der Waals surface area contributed by atoms with E-state index in [1.807, 2.05) is 35.2 Å². The molecule has 0 spiro atoms. The number of benzene rings is 1. The SMILES string of the molecule is COCCN1CCCN(C(=O)[C@@H](N)c2ccccc2)CC1. The lowest BCUT2D eigenvalue weighted by atomic mass is 10.1. The van der Waals surface area contributed by atoms with Gasteiger partial charge in [-0.05, 0) is 18.5 Å². The molecule has 1 aromatic rings. The van der Waals surface area contributed by atoms with Gasteiger partial charge in [-0.25, -0.2) is 0 Å². The fourth-order valence-electron chi connectivity index (χ4n) is 2.63. The Morgan fingerprint density at radius 1 is 1.24 bits per heavy atom. The minimum atomic E-state index is -0.559. The van der Waals surface area contributed by atoms with E-state index in [0.717, 1.165) is 51.3 Å². The summed E-state index contributed by atoms with van der Waals surface area (Å²) in [5.74, 6) is 0.0230. The van der Waals surface area contributed by atoms with Crippen LogP contribution in [0.25, 0.3) is 0 Å². The Balaban J connectivity index is 1.91. The van der Waals surface area contributed by atoms with Crippen LogP contribution in [0.4, 0.5) is 0 Å². The molecule has 0 bridgehead atoms. The molecule has 2 N–H and O–H groups in total. The average molecular weight is 291 g/mol. The van der Waals surface area contributed by atoms with Crippen molar-refractivity contribution in [3.05, 3.63) is 35.9 Å². The molecular weight excluding hydrogens is 266 g/mol. The number of carbonyl (C=O) groups is 1. The van der Waals surface area contributed by atoms with E-state index >= 15 is 0 Å². The minimum absolute atomic E-state index is 0.0230. The Morgan fingerprint density at radius 2 is 2.00 bits per heavy atom. The van der Waals surface area contributed by atoms with Crippen molar-refractivity contribution in [3.8, 4) is 0 Å². The molecule has 5 nitrogen and oxygen atoms in total. The zero-order chi connectivity index (χ0) is 15.1. The van der Waals surface area contributed by atoms with Gasteiger partial charge in [0.1, 0.15) is 6.04 Å². The highest BCUT2D eigenvalue weighted by Gasteiger charge is 2.24. The van der Waals surface area contributed by atoms with E-state index in [9.17, 15) is 4.79 Å². The molecule has 1 heterocycles. The Kier molecular flexibility index (Phi) is 6.17. The zero-order valence-corrected chi connectivity index (χ0v) is 12.7. The first-order valence-electron chi connectivity index (χ1n) is 7.53. The molecule has 0 unspecified atom stereocenters. The van der Waals surface area contributed by atoms with Gasteiger partial charge in [-0.15, -0.1) is 0 Å². The van der Waals surface area contributed by atoms with E-state index in [0.29, 0.717) is 0 Å². The summed E-state index contributed by atoms with van der Waals surface area (Å²) < 4.78 is 5.11. The normalized spacial score (nSPS) is 18.3. The Hall–Kier alpha value is -1.43. The largest absolute Gasteiger partial charge is 0.383 e. The van der Waals surface area contributed by atoms with Crippen LogP contribution < -0.4 is 5.73 Å². The van der Waals surface area contributed by atoms with Gasteiger partial charge in [-0.3, -0.25) is 9.69 Å². The lowest BCUT2D eigenvalue weighted by Crippen LogP contribution is -2.41. The molecule has 21 heavy (non-hydrogen) atoms. The molecule has 0 aliphatic carbocycles. The number of carbonyl (C=O) groups excluding carboxylic acids is 1. The molecule has 1 aromatic carbocycles. The van der Waals surface area contributed by atoms with Gasteiger partial charge >= 0.3 is 0 Å². The predicted molar refractivity (Wildman–Crippen MR) is 82.9 cm³/mol. The molecule has 1 aliphatic rings. The van der Waals surface area contributed by atoms with Gasteiger partial charge in [0.25, 0.3) is 0 Å². The van der Waals surface area contributed by atoms with Crippen LogP contribution in [0.1, 0.15) is 18.0 Å². The number of hydrogen-bond acceptors (Lipinski definition) is 4. The molecule has 0 radical (unpaired) electrons. The summed E-state index contributed by atoms with van der Waals surface area (Å²) >= 11 is 0. The summed E-state index contributed by atoms with van der Waals surface area (Å²) in [6.07, 6.45) is 0.983. The van der Waals surface area contributed by atoms with Crippen molar-refractivity contribution in [2.45, 2.75) is 12.5 Å². The smallest absolute Gasteiger partial charge is 0.244 e. The molecule has 1 aliphatic heterocycles. The van der Waals surface area contributed by atoms with Gasteiger partial charge < -0.3 is 15.4 Å². The van der Waals surface area contributed by atoms with Crippen LogP contribution >= 0.6 is 0 Å². The number of methoxy groups -OCH3 is 1. The highest BCUT2D eigenvalue weighted by atomic mass is 16.5. The standard InChI is InChI=1S/C16H25N3O2/c1-21-13-12-18-8-5-9-19(11-10-18)16(20)15(17)14-6-3-2-4-7-14/h2-4,6-7,15H,5,8-13,17H2,1H3/t15-/m0/s1. The molecule has 0 saturated carbocycles. The highest BCUT2D eigenvalue weighted by Crippen LogP contribution is 2.14. The maximum absolute atomic E-state index is 12.5. The number of rotatable bonds is 5. The van der Waals surface area contributed by atoms with Crippen LogP contribution in [0.5, 0.6) is 0 Å². The summed E-state index contributed by atoms with van der Waals surface area (Å²) in [5, 5.41) is 0. The molecule has 1 atom stereocenters. The number of amides is 1. The van der Waals surface area contributed by atoms with E-state index < -0.39 is 6.04 Å². The molecule has 1 saturated heterocycles. The molecule has 1 fully saturated rings. The van der Waals surface area contributed by atoms with Crippen molar-refractivity contribution in [2.75, 3.05) is 46.4 Å². The summed E-state index contributed by atoms with van der Waals surface area (Å²) in [4.78, 5) is 16.8. The van der Waals surface area contributed by atoms with E-state index in [2.05, 4.69) is 4.90 Å². The number of nitrogens with zero attached hydrogens (tertiary/aromatic N) is 2. The third-order valence-electron chi connectivity index (χ3n) is 3.94. The lowest BCUT2D eigenvalue weighted by Gasteiger charge is -2.24. The van der Waals surface area contributed by atoms with Crippen molar-refractivity contribution in [2.24, 2.45) is 5.73 Å². The second-order valence-electron chi connectivity index (χ2n) is 5.40. The van der Waals surface area contributed by atoms with Crippen LogP contribution in [0.3, 0.4) is 0 Å². The summed E-state index contributed by atoms with van der Waals surface area (Å²) in [5.41, 5.74) is 6.99. The van der Waals surface area contributed by atoms with Gasteiger partial charge in [0.05, 0.1) is 6.61 Å². The van der Waals surface area contributed by atoms with Gasteiger partial charge in [-0.1, -0.05) is 30.3 Å². The van der Waals surface area contributed by atoms with Gasteiger partial charge in [0.2, 0.25) is 5.91 Å². The third-order valence-corrected chi connectivity index (χ3v) is 3.94. The first-order valence-corrected chi connectivity index (χ1v) is 7.53. The first kappa shape index (κ1) is 15.9. The van der Waals surface area contributed by atoms with Crippen LogP contribution in [0.15, 0.2) is 30.3 Å². The zero-order valence-electron chi connectivity index (χ0n) is 12.7. The first-order chi connectivity index (χ1) is 10.2. The van der Waals surface area contributed by atoms with Gasteiger partial charge in [-0.2, -0.15) is 0 Å². The second kappa shape index (κ2) is 8.12. The van der Waals surface area contributed by atoms with E-state index in [-0.39, 0.29) is 5.91 Å². The fraction of sp³-hybridized carbons (Fsp3) is 0.562. The Bertz CT molecular complexity index is 438. The third kappa shape index (κ3) is 4.52. The predicted octanol–water partition coefficient (Wildman–Crippen LogP) is 0.867. The van der Waals surface area contributed by atoms with Crippen LogP contribution in [0.2, 0.25) is 0 Å². The molecule has 116 valence electrons. The van der Waals surface area contributed by atoms with Crippen LogP contribution in [-0.4, -0.2) is 62.1 Å². The molecule has 5 heteroatoms. The quantitative estimate of drug-likeness (QED) is 0.874. The molecule has 2 rings (SSSR count). The van der Waals surface area contributed by atoms with E-state index in [4.69, 9.17) is 10.5 Å². The fourth-order valence-corrected chi connectivity index (χ4v) is 2.63. The van der Waals surface area contributed by atoms with Crippen molar-refractivity contribution in [1.82, 2.24) is 9.80 Å². The number of nitrogens with two attached hydrogens (primary N) is 1. The summed E-state index contributed by atoms with van der Waals surface area (Å²) in [6.45, 7) is 5.07. The maximum Gasteiger partial charge on any atom is 0.244 e. The number of ether oxygens (including phenoxy) is 1. The van der Waals surface area contributed by atoms with Crippen LogP contribution in [0, 0.1) is 0 Å². The van der Waals surface area contributed by atoms with Gasteiger partial charge in [0, 0.05) is 33.3 Å². The monoisotopic (exact) mass is 291 g/mol. The maximum atomic E-state index is 12.5. The van der Waals surface area contributed by atoms with E-state index in [1.165, 1.54) is 0 Å².